The molecule has 2 heterocycles. The van der Waals surface area contributed by atoms with Crippen LogP contribution >= 0.6 is 0 Å². The van der Waals surface area contributed by atoms with Gasteiger partial charge in [-0.2, -0.15) is 4.98 Å². The molecule has 0 fully saturated rings. The van der Waals surface area contributed by atoms with Crippen molar-refractivity contribution in [2.24, 2.45) is 0 Å². The number of fused-ring (bicyclic) bond motifs is 2. The monoisotopic (exact) mass is 585 g/mol. The molecule has 6 N–H and O–H groups in total. The van der Waals surface area contributed by atoms with Crippen molar-refractivity contribution in [3.8, 4) is 28.5 Å². The average molecular weight is 586 g/mol. The second kappa shape index (κ2) is 11.7. The zero-order valence-electron chi connectivity index (χ0n) is 23.4. The average Bonchev–Trinajstić information content (AvgIpc) is 3.01. The summed E-state index contributed by atoms with van der Waals surface area (Å²) in [6, 6.07) is 24.2. The number of anilines is 2. The molecule has 1 aromatic heterocycles. The fraction of sp³-hybridized carbons (Fsp3) is 0.0882. The van der Waals surface area contributed by atoms with Gasteiger partial charge in [-0.05, 0) is 65.6 Å². The first-order valence-corrected chi connectivity index (χ1v) is 13.8. The van der Waals surface area contributed by atoms with Crippen molar-refractivity contribution in [2.45, 2.75) is 19.4 Å². The third kappa shape index (κ3) is 5.82. The molecule has 1 aliphatic heterocycles. The molecular formula is C34H27N5O5. The zero-order chi connectivity index (χ0) is 30.8. The Bertz CT molecular complexity index is 2070. The molecule has 0 radical (unpaired) electrons. The number of Topliss-reactive ketones (excluding diaryl/α,β-unsaturated/α-hetero) is 1. The number of benzene rings is 4. The van der Waals surface area contributed by atoms with Crippen LogP contribution < -0.4 is 21.6 Å². The molecule has 0 unspecified atom stereocenters. The van der Waals surface area contributed by atoms with Gasteiger partial charge in [-0.15, -0.1) is 0 Å². The van der Waals surface area contributed by atoms with Crippen LogP contribution in [0.15, 0.2) is 95.5 Å². The van der Waals surface area contributed by atoms with Gasteiger partial charge in [-0.3, -0.25) is 4.79 Å². The third-order valence-corrected chi connectivity index (χ3v) is 7.27. The zero-order valence-corrected chi connectivity index (χ0v) is 23.4. The maximum Gasteiger partial charge on any atom is 0.336 e. The van der Waals surface area contributed by atoms with Crippen LogP contribution in [0, 0.1) is 5.41 Å². The standard InChI is InChI=1S/C34H27N5O5/c35-22-7-10-25-29(16-22)44-30-17-23(36)8-11-26(30)32(25)27-15-21(6-9-24(27)33(41)42)28(40)12-5-19-1-3-20(4-2-19)18-43-34-38-14-13-31(37)39-34/h1-4,6-11,13-17,35H,5,12,18,36H2,(H,41,42)(H2,37,38,39). The lowest BCUT2D eigenvalue weighted by Crippen LogP contribution is -2.07. The number of carbonyl (C=O) groups excluding carboxylic acids is 1. The number of carboxylic acids is 1. The topological polar surface area (TPSA) is 178 Å². The minimum absolute atomic E-state index is 0.0449. The molecule has 0 saturated heterocycles. The Labute approximate surface area is 251 Å². The number of nitrogens with one attached hydrogen (secondary N) is 1. The molecule has 4 aromatic rings. The van der Waals surface area contributed by atoms with E-state index in [1.54, 1.807) is 54.6 Å². The molecule has 3 aromatic carbocycles. The highest BCUT2D eigenvalue weighted by atomic mass is 16.5. The lowest BCUT2D eigenvalue weighted by atomic mass is 9.88. The molecule has 0 atom stereocenters. The summed E-state index contributed by atoms with van der Waals surface area (Å²) in [6.07, 6.45) is 2.25. The van der Waals surface area contributed by atoms with Gasteiger partial charge in [0.15, 0.2) is 5.78 Å². The fourth-order valence-corrected chi connectivity index (χ4v) is 5.08. The number of rotatable bonds is 9. The number of hydrogen-bond acceptors (Lipinski definition) is 9. The van der Waals surface area contributed by atoms with Crippen molar-refractivity contribution in [1.29, 1.82) is 5.41 Å². The summed E-state index contributed by atoms with van der Waals surface area (Å²) in [4.78, 5) is 33.8. The van der Waals surface area contributed by atoms with Crippen molar-refractivity contribution in [1.82, 2.24) is 9.97 Å². The van der Waals surface area contributed by atoms with Gasteiger partial charge in [0.25, 0.3) is 0 Å². The summed E-state index contributed by atoms with van der Waals surface area (Å²) in [5.41, 5.74) is 16.5. The highest BCUT2D eigenvalue weighted by Crippen LogP contribution is 2.42. The number of aryl methyl sites for hydroxylation is 1. The lowest BCUT2D eigenvalue weighted by molar-refractivity contribution is 0.0697. The molecule has 44 heavy (non-hydrogen) atoms. The van der Waals surface area contributed by atoms with Crippen LogP contribution in [0.25, 0.3) is 33.4 Å². The van der Waals surface area contributed by atoms with E-state index in [2.05, 4.69) is 9.97 Å². The molecule has 218 valence electrons. The normalized spacial score (nSPS) is 11.1. The Balaban J connectivity index is 1.27. The van der Waals surface area contributed by atoms with Crippen LogP contribution in [0.3, 0.4) is 0 Å². The maximum atomic E-state index is 13.4. The van der Waals surface area contributed by atoms with E-state index in [0.717, 1.165) is 11.1 Å². The molecule has 10 nitrogen and oxygen atoms in total. The molecule has 1 aliphatic carbocycles. The lowest BCUT2D eigenvalue weighted by Gasteiger charge is -2.18. The predicted octanol–water partition coefficient (Wildman–Crippen LogP) is 5.73. The smallest absolute Gasteiger partial charge is 0.336 e. The molecule has 0 amide bonds. The van der Waals surface area contributed by atoms with Gasteiger partial charge in [0, 0.05) is 52.5 Å². The Morgan fingerprint density at radius 3 is 2.45 bits per heavy atom. The Kier molecular flexibility index (Phi) is 7.47. The second-order valence-electron chi connectivity index (χ2n) is 10.3. The number of aromatic carboxylic acids is 1. The number of carboxylic acid groups (broad SMARTS) is 1. The predicted molar refractivity (Wildman–Crippen MR) is 165 cm³/mol. The number of nitrogens with two attached hydrogens (primary N) is 2. The molecule has 0 spiro atoms. The summed E-state index contributed by atoms with van der Waals surface area (Å²) >= 11 is 0. The van der Waals surface area contributed by atoms with Gasteiger partial charge < -0.3 is 31.1 Å². The van der Waals surface area contributed by atoms with Crippen LogP contribution in [0.1, 0.15) is 38.3 Å². The largest absolute Gasteiger partial charge is 0.478 e. The highest BCUT2D eigenvalue weighted by molar-refractivity contribution is 6.09. The van der Waals surface area contributed by atoms with Crippen molar-refractivity contribution in [2.75, 3.05) is 11.5 Å². The van der Waals surface area contributed by atoms with Crippen LogP contribution in [-0.2, 0) is 13.0 Å². The van der Waals surface area contributed by atoms with Crippen molar-refractivity contribution >= 4 is 34.2 Å². The summed E-state index contributed by atoms with van der Waals surface area (Å²) in [6.45, 7) is 0.271. The van der Waals surface area contributed by atoms with E-state index in [-0.39, 0.29) is 35.7 Å². The van der Waals surface area contributed by atoms with Gasteiger partial charge in [-0.1, -0.05) is 30.3 Å². The quantitative estimate of drug-likeness (QED) is 0.0936. The van der Waals surface area contributed by atoms with Crippen molar-refractivity contribution < 1.29 is 23.8 Å². The Morgan fingerprint density at radius 2 is 1.68 bits per heavy atom. The fourth-order valence-electron chi connectivity index (χ4n) is 5.08. The first kappa shape index (κ1) is 28.1. The van der Waals surface area contributed by atoms with E-state index in [0.29, 0.717) is 56.9 Å². The summed E-state index contributed by atoms with van der Waals surface area (Å²) in [7, 11) is 0. The number of nitrogens with zero attached hydrogens (tertiary/aromatic N) is 2. The minimum atomic E-state index is -1.12. The molecule has 0 saturated carbocycles. The number of ether oxygens (including phenoxy) is 1. The first-order valence-electron chi connectivity index (χ1n) is 13.8. The van der Waals surface area contributed by atoms with E-state index in [4.69, 9.17) is 26.0 Å². The number of aromatic nitrogens is 2. The van der Waals surface area contributed by atoms with E-state index in [1.165, 1.54) is 12.3 Å². The Hall–Kier alpha value is -6.03. The summed E-state index contributed by atoms with van der Waals surface area (Å²) in [5, 5.41) is 19.0. The van der Waals surface area contributed by atoms with E-state index >= 15 is 0 Å². The molecule has 0 bridgehead atoms. The first-order chi connectivity index (χ1) is 21.2. The van der Waals surface area contributed by atoms with Crippen molar-refractivity contribution in [3.05, 3.63) is 119 Å². The van der Waals surface area contributed by atoms with Gasteiger partial charge in [0.2, 0.25) is 0 Å². The summed E-state index contributed by atoms with van der Waals surface area (Å²) < 4.78 is 11.6. The highest BCUT2D eigenvalue weighted by Gasteiger charge is 2.23. The second-order valence-corrected chi connectivity index (χ2v) is 10.3. The van der Waals surface area contributed by atoms with Crippen LogP contribution in [0.5, 0.6) is 6.01 Å². The molecular weight excluding hydrogens is 558 g/mol. The number of nitrogen functional groups attached to an aromatic ring is 2. The number of ketones is 1. The van der Waals surface area contributed by atoms with Crippen LogP contribution in [-0.4, -0.2) is 26.8 Å². The summed E-state index contributed by atoms with van der Waals surface area (Å²) in [5.74, 6) is -0.511. The number of hydrogen-bond donors (Lipinski definition) is 4. The van der Waals surface area contributed by atoms with Gasteiger partial charge in [0.05, 0.1) is 10.9 Å². The molecule has 10 heteroatoms. The van der Waals surface area contributed by atoms with Gasteiger partial charge >= 0.3 is 12.0 Å². The van der Waals surface area contributed by atoms with Crippen molar-refractivity contribution in [3.63, 3.8) is 0 Å². The van der Waals surface area contributed by atoms with Gasteiger partial charge in [0.1, 0.15) is 23.8 Å². The molecule has 2 aliphatic rings. The maximum absolute atomic E-state index is 13.4. The molecule has 6 rings (SSSR count). The van der Waals surface area contributed by atoms with Crippen LogP contribution in [0.4, 0.5) is 11.5 Å². The number of carbonyl (C=O) groups is 2. The van der Waals surface area contributed by atoms with E-state index in [1.807, 2.05) is 24.3 Å². The van der Waals surface area contributed by atoms with E-state index in [9.17, 15) is 14.7 Å². The minimum Gasteiger partial charge on any atom is -0.478 e. The van der Waals surface area contributed by atoms with Gasteiger partial charge in [-0.25, -0.2) is 9.78 Å². The Morgan fingerprint density at radius 1 is 0.886 bits per heavy atom. The van der Waals surface area contributed by atoms with E-state index < -0.39 is 5.97 Å². The SMILES string of the molecule is N=c1ccc2c(-c3cc(C(=O)CCc4ccc(COc5nccc(N)n5)cc4)ccc3C(=O)O)c3ccc(N)cc3oc-2c1. The third-order valence-electron chi connectivity index (χ3n) is 7.27. The van der Waals surface area contributed by atoms with Crippen LogP contribution in [0.2, 0.25) is 0 Å².